The van der Waals surface area contributed by atoms with Crippen LogP contribution in [0.25, 0.3) is 6.08 Å². The van der Waals surface area contributed by atoms with Crippen molar-refractivity contribution < 1.29 is 9.53 Å². The molecule has 5 heteroatoms. The van der Waals surface area contributed by atoms with Gasteiger partial charge in [-0.2, -0.15) is 0 Å². The number of likely N-dealkylation sites (N-methyl/N-ethyl adjacent to an activating group) is 1. The van der Waals surface area contributed by atoms with E-state index in [2.05, 4.69) is 25.2 Å². The van der Waals surface area contributed by atoms with E-state index in [1.165, 1.54) is 0 Å². The van der Waals surface area contributed by atoms with Crippen LogP contribution in [-0.2, 0) is 4.79 Å². The minimum Gasteiger partial charge on any atom is -0.496 e. The number of hydrogen-bond acceptors (Lipinski definition) is 3. The van der Waals surface area contributed by atoms with Gasteiger partial charge in [0.25, 0.3) is 5.91 Å². The van der Waals surface area contributed by atoms with Crippen molar-refractivity contribution in [3.8, 4) is 5.75 Å². The van der Waals surface area contributed by atoms with E-state index in [1.807, 2.05) is 26.0 Å². The molecular weight excluding hydrogens is 296 g/mol. The maximum absolute atomic E-state index is 12.3. The first kappa shape index (κ1) is 16.5. The molecule has 1 heterocycles. The Hall–Kier alpha value is -1.88. The number of benzene rings is 1. The van der Waals surface area contributed by atoms with Crippen LogP contribution < -0.4 is 10.1 Å². The molecule has 1 aromatic carbocycles. The molecule has 1 aliphatic heterocycles. The molecule has 4 nitrogen and oxygen atoms in total. The van der Waals surface area contributed by atoms with Crippen LogP contribution in [-0.4, -0.2) is 29.6 Å². The number of ether oxygens (including phenoxy) is 1. The largest absolute Gasteiger partial charge is 0.496 e. The molecule has 1 saturated heterocycles. The second-order valence-corrected chi connectivity index (χ2v) is 6.03. The number of hydrogen-bond donors (Lipinski definition) is 1. The van der Waals surface area contributed by atoms with Gasteiger partial charge in [-0.15, -0.1) is 0 Å². The summed E-state index contributed by atoms with van der Waals surface area (Å²) in [5, 5.41) is 3.46. The number of carbonyl (C=O) groups excluding carboxylic acids is 1. The van der Waals surface area contributed by atoms with Gasteiger partial charge in [0.15, 0.2) is 5.11 Å². The molecule has 0 bridgehead atoms. The smallest absolute Gasteiger partial charge is 0.276 e. The highest BCUT2D eigenvalue weighted by Gasteiger charge is 2.29. The quantitative estimate of drug-likeness (QED) is 0.684. The third kappa shape index (κ3) is 2.99. The zero-order chi connectivity index (χ0) is 16.4. The first-order valence-electron chi connectivity index (χ1n) is 7.42. The summed E-state index contributed by atoms with van der Waals surface area (Å²) in [5.74, 6) is 1.15. The predicted octanol–water partition coefficient (Wildman–Crippen LogP) is 3.20. The van der Waals surface area contributed by atoms with Crippen LogP contribution in [0.3, 0.4) is 0 Å². The minimum atomic E-state index is -0.0752. The summed E-state index contributed by atoms with van der Waals surface area (Å²) in [4.78, 5) is 13.8. The lowest BCUT2D eigenvalue weighted by Gasteiger charge is -2.15. The number of nitrogens with one attached hydrogen (secondary N) is 1. The molecule has 0 aliphatic carbocycles. The number of aryl methyl sites for hydroxylation is 1. The van der Waals surface area contributed by atoms with E-state index in [0.717, 1.165) is 22.4 Å². The minimum absolute atomic E-state index is 0.0752. The summed E-state index contributed by atoms with van der Waals surface area (Å²) in [6.45, 7) is 8.73. The first-order chi connectivity index (χ1) is 10.4. The Bertz CT molecular complexity index is 650. The van der Waals surface area contributed by atoms with Gasteiger partial charge in [-0.25, -0.2) is 0 Å². The molecule has 2 rings (SSSR count). The highest BCUT2D eigenvalue weighted by atomic mass is 32.1. The molecule has 22 heavy (non-hydrogen) atoms. The summed E-state index contributed by atoms with van der Waals surface area (Å²) in [6, 6.07) is 4.09. The van der Waals surface area contributed by atoms with Gasteiger partial charge in [0.1, 0.15) is 11.4 Å². The standard InChI is InChI=1S/C17H22N2O2S/c1-6-19-16(20)14(18-17(19)22)9-12-8-13(10(2)3)15(21-5)7-11(12)4/h7-10H,6H2,1-5H3,(H,18,22)/b14-9-. The second-order valence-electron chi connectivity index (χ2n) is 5.64. The average Bonchev–Trinajstić information content (AvgIpc) is 2.74. The molecule has 1 aromatic rings. The van der Waals surface area contributed by atoms with E-state index >= 15 is 0 Å². The zero-order valence-corrected chi connectivity index (χ0v) is 14.5. The summed E-state index contributed by atoms with van der Waals surface area (Å²) in [6.07, 6.45) is 1.87. The van der Waals surface area contributed by atoms with Crippen molar-refractivity contribution in [3.05, 3.63) is 34.5 Å². The number of methoxy groups -OCH3 is 1. The lowest BCUT2D eigenvalue weighted by Crippen LogP contribution is -2.30. The van der Waals surface area contributed by atoms with Crippen molar-refractivity contribution in [1.82, 2.24) is 10.2 Å². The molecule has 1 N–H and O–H groups in total. The fourth-order valence-corrected chi connectivity index (χ4v) is 2.84. The van der Waals surface area contributed by atoms with Crippen molar-refractivity contribution in [3.63, 3.8) is 0 Å². The third-order valence-electron chi connectivity index (χ3n) is 3.82. The lowest BCUT2D eigenvalue weighted by molar-refractivity contribution is -0.122. The molecule has 1 amide bonds. The highest BCUT2D eigenvalue weighted by molar-refractivity contribution is 7.80. The van der Waals surface area contributed by atoms with Crippen LogP contribution in [0.4, 0.5) is 0 Å². The van der Waals surface area contributed by atoms with Crippen molar-refractivity contribution >= 4 is 29.3 Å². The SMILES string of the molecule is CCN1C(=O)/C(=C/c2cc(C(C)C)c(OC)cc2C)NC1=S. The van der Waals surface area contributed by atoms with Gasteiger partial charge >= 0.3 is 0 Å². The van der Waals surface area contributed by atoms with E-state index in [9.17, 15) is 4.79 Å². The van der Waals surface area contributed by atoms with Crippen LogP contribution in [0.15, 0.2) is 17.8 Å². The molecule has 1 fully saturated rings. The molecule has 0 radical (unpaired) electrons. The lowest BCUT2D eigenvalue weighted by atomic mass is 9.96. The van der Waals surface area contributed by atoms with Gasteiger partial charge in [0.05, 0.1) is 7.11 Å². The van der Waals surface area contributed by atoms with E-state index in [1.54, 1.807) is 12.0 Å². The van der Waals surface area contributed by atoms with Crippen LogP contribution in [0.2, 0.25) is 0 Å². The van der Waals surface area contributed by atoms with Crippen molar-refractivity contribution in [2.24, 2.45) is 0 Å². The monoisotopic (exact) mass is 318 g/mol. The van der Waals surface area contributed by atoms with Crippen molar-refractivity contribution in [2.75, 3.05) is 13.7 Å². The van der Waals surface area contributed by atoms with Gasteiger partial charge in [-0.05, 0) is 66.9 Å². The number of amides is 1. The van der Waals surface area contributed by atoms with Gasteiger partial charge in [-0.3, -0.25) is 9.69 Å². The van der Waals surface area contributed by atoms with E-state index < -0.39 is 0 Å². The van der Waals surface area contributed by atoms with Crippen LogP contribution in [0.1, 0.15) is 43.4 Å². The second kappa shape index (κ2) is 6.48. The Morgan fingerprint density at radius 3 is 2.59 bits per heavy atom. The molecule has 0 aromatic heterocycles. The van der Waals surface area contributed by atoms with Gasteiger partial charge in [0, 0.05) is 6.54 Å². The Morgan fingerprint density at radius 2 is 2.09 bits per heavy atom. The maximum Gasteiger partial charge on any atom is 0.276 e. The molecule has 0 atom stereocenters. The normalized spacial score (nSPS) is 16.6. The topological polar surface area (TPSA) is 41.6 Å². The Balaban J connectivity index is 2.46. The maximum atomic E-state index is 12.3. The summed E-state index contributed by atoms with van der Waals surface area (Å²) in [5.41, 5.74) is 3.71. The molecule has 0 unspecified atom stereocenters. The summed E-state index contributed by atoms with van der Waals surface area (Å²) in [7, 11) is 1.68. The Morgan fingerprint density at radius 1 is 1.41 bits per heavy atom. The highest BCUT2D eigenvalue weighted by Crippen LogP contribution is 2.30. The van der Waals surface area contributed by atoms with Crippen molar-refractivity contribution in [2.45, 2.75) is 33.6 Å². The molecular formula is C17H22N2O2S. The fourth-order valence-electron chi connectivity index (χ4n) is 2.51. The number of rotatable bonds is 4. The Labute approximate surface area is 137 Å². The third-order valence-corrected chi connectivity index (χ3v) is 4.14. The predicted molar refractivity (Wildman–Crippen MR) is 92.9 cm³/mol. The Kier molecular flexibility index (Phi) is 4.86. The van der Waals surface area contributed by atoms with Crippen LogP contribution in [0, 0.1) is 6.92 Å². The summed E-state index contributed by atoms with van der Waals surface area (Å²) < 4.78 is 5.45. The van der Waals surface area contributed by atoms with Crippen molar-refractivity contribution in [1.29, 1.82) is 0 Å². The molecule has 1 aliphatic rings. The molecule has 118 valence electrons. The molecule has 0 spiro atoms. The number of thiocarbonyl (C=S) groups is 1. The van der Waals surface area contributed by atoms with Crippen LogP contribution >= 0.6 is 12.2 Å². The van der Waals surface area contributed by atoms with Crippen LogP contribution in [0.5, 0.6) is 5.75 Å². The van der Waals surface area contributed by atoms with Gasteiger partial charge in [0.2, 0.25) is 0 Å². The van der Waals surface area contributed by atoms with E-state index in [-0.39, 0.29) is 5.91 Å². The fraction of sp³-hybridized carbons (Fsp3) is 0.412. The van der Waals surface area contributed by atoms with Gasteiger partial charge in [-0.1, -0.05) is 13.8 Å². The first-order valence-corrected chi connectivity index (χ1v) is 7.82. The van der Waals surface area contributed by atoms with E-state index in [4.69, 9.17) is 17.0 Å². The molecule has 0 saturated carbocycles. The number of carbonyl (C=O) groups is 1. The number of nitrogens with zero attached hydrogens (tertiary/aromatic N) is 1. The van der Waals surface area contributed by atoms with E-state index in [0.29, 0.717) is 23.3 Å². The average molecular weight is 318 g/mol. The summed E-state index contributed by atoms with van der Waals surface area (Å²) >= 11 is 5.18. The van der Waals surface area contributed by atoms with Gasteiger partial charge < -0.3 is 10.1 Å². The zero-order valence-electron chi connectivity index (χ0n) is 13.7.